The highest BCUT2D eigenvalue weighted by molar-refractivity contribution is 9.10. The molecule has 36 heavy (non-hydrogen) atoms. The van der Waals surface area contributed by atoms with Crippen molar-refractivity contribution in [3.05, 3.63) is 88.6 Å². The lowest BCUT2D eigenvalue weighted by atomic mass is 10.1. The van der Waals surface area contributed by atoms with Crippen molar-refractivity contribution >= 4 is 113 Å². The van der Waals surface area contributed by atoms with E-state index in [1.807, 2.05) is 25.1 Å². The molecule has 0 saturated carbocycles. The van der Waals surface area contributed by atoms with Crippen molar-refractivity contribution in [2.75, 3.05) is 11.5 Å². The maximum atomic E-state index is 13.2. The number of benzene rings is 3. The van der Waals surface area contributed by atoms with E-state index in [1.54, 1.807) is 36.4 Å². The van der Waals surface area contributed by atoms with Crippen LogP contribution in [-0.2, 0) is 11.4 Å². The van der Waals surface area contributed by atoms with Crippen LogP contribution in [0.15, 0.2) is 62.4 Å². The number of hydrogen-bond donors (Lipinski definition) is 0. The Kier molecular flexibility index (Phi) is 9.31. The normalized spacial score (nSPS) is 14.6. The van der Waals surface area contributed by atoms with Crippen molar-refractivity contribution in [2.45, 2.75) is 13.5 Å². The minimum atomic E-state index is -0.225. The van der Waals surface area contributed by atoms with Gasteiger partial charge in [0.2, 0.25) is 0 Å². The average molecular weight is 709 g/mol. The largest absolute Gasteiger partial charge is 0.490 e. The number of anilines is 1. The number of ether oxygens (including phenoxy) is 2. The highest BCUT2D eigenvalue weighted by Gasteiger charge is 2.33. The Morgan fingerprint density at radius 1 is 0.972 bits per heavy atom. The third-order valence-corrected chi connectivity index (χ3v) is 8.81. The van der Waals surface area contributed by atoms with Crippen molar-refractivity contribution in [3.63, 3.8) is 0 Å². The lowest BCUT2D eigenvalue weighted by molar-refractivity contribution is -0.113. The summed E-state index contributed by atoms with van der Waals surface area (Å²) in [5, 5.41) is 1.43. The van der Waals surface area contributed by atoms with Crippen molar-refractivity contribution in [1.82, 2.24) is 0 Å². The van der Waals surface area contributed by atoms with Gasteiger partial charge in [0.1, 0.15) is 6.61 Å². The number of hydrogen-bond acceptors (Lipinski definition) is 5. The van der Waals surface area contributed by atoms with Crippen LogP contribution in [-0.4, -0.2) is 16.8 Å². The van der Waals surface area contributed by atoms with Gasteiger partial charge in [0.05, 0.1) is 36.7 Å². The van der Waals surface area contributed by atoms with Gasteiger partial charge in [-0.05, 0) is 98.5 Å². The molecule has 0 radical (unpaired) electrons. The first-order chi connectivity index (χ1) is 17.2. The molecule has 4 rings (SSSR count). The van der Waals surface area contributed by atoms with Crippen LogP contribution in [0.4, 0.5) is 5.69 Å². The van der Waals surface area contributed by atoms with E-state index in [2.05, 4.69) is 31.9 Å². The van der Waals surface area contributed by atoms with E-state index in [0.717, 1.165) is 15.6 Å². The summed E-state index contributed by atoms with van der Waals surface area (Å²) in [6.45, 7) is 2.59. The fourth-order valence-corrected chi connectivity index (χ4v) is 5.94. The molecule has 0 aliphatic carbocycles. The average Bonchev–Trinajstić information content (AvgIpc) is 3.10. The number of amides is 1. The minimum absolute atomic E-state index is 0.225. The minimum Gasteiger partial charge on any atom is -0.490 e. The fourth-order valence-electron chi connectivity index (χ4n) is 3.33. The summed E-state index contributed by atoms with van der Waals surface area (Å²) in [4.78, 5) is 15.2. The molecule has 1 aliphatic rings. The summed E-state index contributed by atoms with van der Waals surface area (Å²) in [5.74, 6) is 0.850. The molecular weight excluding hydrogens is 693 g/mol. The van der Waals surface area contributed by atoms with Crippen LogP contribution in [0.2, 0.25) is 15.1 Å². The highest BCUT2D eigenvalue weighted by atomic mass is 79.9. The van der Waals surface area contributed by atoms with Crippen LogP contribution in [0.25, 0.3) is 6.08 Å². The van der Waals surface area contributed by atoms with E-state index in [0.29, 0.717) is 52.6 Å². The molecule has 0 unspecified atom stereocenters. The number of thiocarbonyl (C=S) groups is 1. The van der Waals surface area contributed by atoms with E-state index >= 15 is 0 Å². The molecule has 0 atom stereocenters. The smallest absolute Gasteiger partial charge is 0.270 e. The zero-order valence-corrected chi connectivity index (χ0v) is 25.6. The van der Waals surface area contributed by atoms with E-state index in [-0.39, 0.29) is 12.5 Å². The predicted molar refractivity (Wildman–Crippen MR) is 161 cm³/mol. The third kappa shape index (κ3) is 6.23. The number of rotatable bonds is 7. The Morgan fingerprint density at radius 3 is 2.44 bits per heavy atom. The highest BCUT2D eigenvalue weighted by Crippen LogP contribution is 2.41. The molecule has 0 aromatic heterocycles. The van der Waals surface area contributed by atoms with E-state index in [4.69, 9.17) is 56.5 Å². The van der Waals surface area contributed by atoms with Crippen molar-refractivity contribution in [3.8, 4) is 11.5 Å². The first kappa shape index (κ1) is 27.8. The molecule has 0 N–H and O–H groups in total. The summed E-state index contributed by atoms with van der Waals surface area (Å²) in [6.07, 6.45) is 1.77. The lowest BCUT2D eigenvalue weighted by Gasteiger charge is -2.15. The Hall–Kier alpha value is -1.26. The van der Waals surface area contributed by atoms with Gasteiger partial charge in [-0.15, -0.1) is 0 Å². The van der Waals surface area contributed by atoms with Crippen molar-refractivity contribution < 1.29 is 14.3 Å². The fraction of sp³-hybridized carbons (Fsp3) is 0.120. The summed E-state index contributed by atoms with van der Waals surface area (Å²) in [5.41, 5.74) is 2.22. The van der Waals surface area contributed by atoms with Gasteiger partial charge in [-0.1, -0.05) is 64.8 Å². The van der Waals surface area contributed by atoms with Crippen molar-refractivity contribution in [1.29, 1.82) is 0 Å². The Bertz CT molecular complexity index is 1400. The van der Waals surface area contributed by atoms with Crippen LogP contribution in [0, 0.1) is 0 Å². The molecule has 0 bridgehead atoms. The zero-order valence-electron chi connectivity index (χ0n) is 18.5. The molecule has 1 fully saturated rings. The van der Waals surface area contributed by atoms with Crippen LogP contribution < -0.4 is 14.4 Å². The molecule has 1 saturated heterocycles. The van der Waals surface area contributed by atoms with E-state index in [9.17, 15) is 4.79 Å². The van der Waals surface area contributed by atoms with Crippen molar-refractivity contribution in [2.24, 2.45) is 0 Å². The third-order valence-electron chi connectivity index (χ3n) is 4.95. The maximum Gasteiger partial charge on any atom is 0.270 e. The second-order valence-electron chi connectivity index (χ2n) is 7.42. The molecule has 3 aromatic rings. The Labute approximate surface area is 250 Å². The van der Waals surface area contributed by atoms with Crippen LogP contribution in [0.1, 0.15) is 18.1 Å². The van der Waals surface area contributed by atoms with Gasteiger partial charge < -0.3 is 9.47 Å². The molecular formula is C25H16Br2Cl3NO3S2. The molecule has 4 nitrogen and oxygen atoms in total. The van der Waals surface area contributed by atoms with Gasteiger partial charge in [0, 0.05) is 4.47 Å². The summed E-state index contributed by atoms with van der Waals surface area (Å²) < 4.78 is 13.7. The number of thioether (sulfide) groups is 1. The second kappa shape index (κ2) is 12.1. The van der Waals surface area contributed by atoms with Gasteiger partial charge in [-0.25, -0.2) is 0 Å². The SMILES string of the molecule is CCOc1cc(C=C2SC(=S)N(c3ccc(Br)c(Cl)c3)C2=O)cc(Br)c1OCc1ccc(Cl)c(Cl)c1. The number of nitrogens with zero attached hydrogens (tertiary/aromatic N) is 1. The number of carbonyl (C=O) groups is 1. The molecule has 11 heteroatoms. The summed E-state index contributed by atoms with van der Waals surface area (Å²) in [6, 6.07) is 14.3. The zero-order chi connectivity index (χ0) is 26.0. The first-order valence-corrected chi connectivity index (χ1v) is 14.4. The van der Waals surface area contributed by atoms with E-state index in [1.165, 1.54) is 16.7 Å². The summed E-state index contributed by atoms with van der Waals surface area (Å²) in [7, 11) is 0. The Balaban J connectivity index is 1.60. The lowest BCUT2D eigenvalue weighted by Crippen LogP contribution is -2.27. The number of carbonyl (C=O) groups excluding carboxylic acids is 1. The Morgan fingerprint density at radius 2 is 1.75 bits per heavy atom. The quantitative estimate of drug-likeness (QED) is 0.181. The molecule has 1 heterocycles. The van der Waals surface area contributed by atoms with E-state index < -0.39 is 0 Å². The standard InChI is InChI=1S/C25H16Br2Cl3NO3S2/c1-2-33-21-9-14(7-17(27)23(21)34-12-13-3-6-18(28)20(30)8-13)10-22-24(32)31(25(35)36-22)15-4-5-16(26)19(29)11-15/h3-11H,2,12H2,1H3. The second-order valence-corrected chi connectivity index (χ2v) is 12.0. The number of halogens is 5. The van der Waals surface area contributed by atoms with Gasteiger partial charge >= 0.3 is 0 Å². The van der Waals surface area contributed by atoms with Gasteiger partial charge in [0.25, 0.3) is 5.91 Å². The molecule has 0 spiro atoms. The molecule has 3 aromatic carbocycles. The van der Waals surface area contributed by atoms with Gasteiger partial charge in [-0.3, -0.25) is 9.69 Å². The predicted octanol–water partition coefficient (Wildman–Crippen LogP) is 9.56. The van der Waals surface area contributed by atoms with Gasteiger partial charge in [-0.2, -0.15) is 0 Å². The monoisotopic (exact) mass is 705 g/mol. The molecule has 1 amide bonds. The van der Waals surface area contributed by atoms with Crippen LogP contribution >= 0.6 is 90.6 Å². The molecule has 186 valence electrons. The topological polar surface area (TPSA) is 38.8 Å². The maximum absolute atomic E-state index is 13.2. The van der Waals surface area contributed by atoms with Crippen LogP contribution in [0.3, 0.4) is 0 Å². The molecule has 1 aliphatic heterocycles. The van der Waals surface area contributed by atoms with Crippen LogP contribution in [0.5, 0.6) is 11.5 Å². The van der Waals surface area contributed by atoms with Gasteiger partial charge in [0.15, 0.2) is 15.8 Å². The summed E-state index contributed by atoms with van der Waals surface area (Å²) >= 11 is 32.0. The first-order valence-electron chi connectivity index (χ1n) is 10.4.